The van der Waals surface area contributed by atoms with Crippen molar-refractivity contribution in [2.45, 2.75) is 31.5 Å². The first-order valence-corrected chi connectivity index (χ1v) is 12.1. The molecule has 0 saturated carbocycles. The molecular formula is C28H24N6O3. The lowest BCUT2D eigenvalue weighted by Crippen LogP contribution is -2.44. The standard InChI is InChI=1S/C28H24N6O3/c1-18-10-8-9-15-22(18)33-27(36)25-26(28(33)37)32(31-29-25)17-24(35)34-23(20-13-6-3-7-14-20)16-21(30-34)19-11-4-2-5-12-19/h2-15,23,25-26H,16-17H2,1H3/t23-,25-,26-/m0/s1. The molecule has 0 aliphatic carbocycles. The Morgan fingerprint density at radius 1 is 0.892 bits per heavy atom. The number of rotatable bonds is 5. The second-order valence-electron chi connectivity index (χ2n) is 9.27. The highest BCUT2D eigenvalue weighted by molar-refractivity contribution is 6.25. The van der Waals surface area contributed by atoms with Crippen LogP contribution in [0.1, 0.15) is 29.2 Å². The maximum atomic E-state index is 13.6. The summed E-state index contributed by atoms with van der Waals surface area (Å²) in [5.41, 5.74) is 4.04. The SMILES string of the molecule is Cc1ccccc1N1C(=O)[C@H]2N=NN(CC(=O)N3N=C(c4ccccc4)C[C@H]3c3ccccc3)[C@@H]2C1=O. The first-order chi connectivity index (χ1) is 18.0. The van der Waals surface area contributed by atoms with Crippen LogP contribution in [0, 0.1) is 6.92 Å². The van der Waals surface area contributed by atoms with Crippen LogP contribution in [0.2, 0.25) is 0 Å². The normalized spacial score (nSPS) is 22.6. The van der Waals surface area contributed by atoms with Crippen LogP contribution in [-0.2, 0) is 14.4 Å². The summed E-state index contributed by atoms with van der Waals surface area (Å²) in [7, 11) is 0. The molecule has 9 nitrogen and oxygen atoms in total. The van der Waals surface area contributed by atoms with Crippen LogP contribution in [0.4, 0.5) is 5.69 Å². The van der Waals surface area contributed by atoms with Gasteiger partial charge in [0.15, 0.2) is 12.1 Å². The topological polar surface area (TPSA) is 98.0 Å². The van der Waals surface area contributed by atoms with E-state index in [-0.39, 0.29) is 18.5 Å². The van der Waals surface area contributed by atoms with Gasteiger partial charge >= 0.3 is 0 Å². The van der Waals surface area contributed by atoms with Crippen molar-refractivity contribution in [3.63, 3.8) is 0 Å². The first-order valence-electron chi connectivity index (χ1n) is 12.1. The number of nitrogens with zero attached hydrogens (tertiary/aromatic N) is 6. The van der Waals surface area contributed by atoms with Crippen molar-refractivity contribution < 1.29 is 14.4 Å². The van der Waals surface area contributed by atoms with Gasteiger partial charge in [-0.05, 0) is 29.7 Å². The van der Waals surface area contributed by atoms with Gasteiger partial charge in [-0.15, -0.1) is 0 Å². The minimum absolute atomic E-state index is 0.222. The van der Waals surface area contributed by atoms with E-state index in [2.05, 4.69) is 10.3 Å². The molecule has 37 heavy (non-hydrogen) atoms. The number of carbonyl (C=O) groups is 3. The van der Waals surface area contributed by atoms with Crippen molar-refractivity contribution in [3.05, 3.63) is 102 Å². The van der Waals surface area contributed by atoms with Crippen molar-refractivity contribution >= 4 is 29.1 Å². The summed E-state index contributed by atoms with van der Waals surface area (Å²) in [6.45, 7) is 1.62. The summed E-state index contributed by atoms with van der Waals surface area (Å²) in [4.78, 5) is 41.2. The highest BCUT2D eigenvalue weighted by Crippen LogP contribution is 2.35. The van der Waals surface area contributed by atoms with Crippen LogP contribution in [0.25, 0.3) is 0 Å². The number of fused-ring (bicyclic) bond motifs is 1. The number of aryl methyl sites for hydroxylation is 1. The lowest BCUT2D eigenvalue weighted by Gasteiger charge is -2.25. The molecule has 3 aromatic rings. The summed E-state index contributed by atoms with van der Waals surface area (Å²) in [6, 6.07) is 24.5. The van der Waals surface area contributed by atoms with Gasteiger partial charge in [-0.25, -0.2) is 9.91 Å². The molecule has 3 heterocycles. The molecule has 3 atom stereocenters. The van der Waals surface area contributed by atoms with E-state index < -0.39 is 23.9 Å². The Kier molecular flexibility index (Phi) is 5.60. The lowest BCUT2D eigenvalue weighted by molar-refractivity contribution is -0.135. The Labute approximate surface area is 213 Å². The third-order valence-electron chi connectivity index (χ3n) is 6.97. The molecule has 184 valence electrons. The molecule has 0 unspecified atom stereocenters. The highest BCUT2D eigenvalue weighted by Gasteiger charge is 2.55. The predicted octanol–water partition coefficient (Wildman–Crippen LogP) is 3.67. The van der Waals surface area contributed by atoms with Gasteiger partial charge in [-0.3, -0.25) is 19.4 Å². The fourth-order valence-corrected chi connectivity index (χ4v) is 5.10. The number of carbonyl (C=O) groups excluding carboxylic acids is 3. The molecule has 9 heteroatoms. The zero-order valence-electron chi connectivity index (χ0n) is 20.1. The van der Waals surface area contributed by atoms with E-state index in [9.17, 15) is 14.4 Å². The zero-order chi connectivity index (χ0) is 25.5. The van der Waals surface area contributed by atoms with Crippen LogP contribution < -0.4 is 4.90 Å². The summed E-state index contributed by atoms with van der Waals surface area (Å²) in [6.07, 6.45) is 0.561. The minimum Gasteiger partial charge on any atom is -0.271 e. The van der Waals surface area contributed by atoms with Crippen LogP contribution in [0.3, 0.4) is 0 Å². The number of amides is 3. The van der Waals surface area contributed by atoms with E-state index in [1.54, 1.807) is 12.1 Å². The maximum Gasteiger partial charge on any atom is 0.264 e. The largest absolute Gasteiger partial charge is 0.271 e. The molecule has 0 bridgehead atoms. The van der Waals surface area contributed by atoms with Crippen LogP contribution in [0.5, 0.6) is 0 Å². The van der Waals surface area contributed by atoms with Crippen molar-refractivity contribution in [3.8, 4) is 0 Å². The van der Waals surface area contributed by atoms with Crippen molar-refractivity contribution in [2.24, 2.45) is 15.4 Å². The number of para-hydroxylation sites is 1. The Hall–Kier alpha value is -4.66. The summed E-state index contributed by atoms with van der Waals surface area (Å²) in [5.74, 6) is -1.19. The molecule has 1 fully saturated rings. The Balaban J connectivity index is 1.26. The number of imide groups is 1. The molecule has 0 aromatic heterocycles. The highest BCUT2D eigenvalue weighted by atomic mass is 16.2. The summed E-state index contributed by atoms with van der Waals surface area (Å²) < 4.78 is 0. The summed E-state index contributed by atoms with van der Waals surface area (Å²) in [5, 5.41) is 15.6. The molecular weight excluding hydrogens is 468 g/mol. The number of hydrogen-bond acceptors (Lipinski definition) is 7. The third-order valence-corrected chi connectivity index (χ3v) is 6.97. The summed E-state index contributed by atoms with van der Waals surface area (Å²) >= 11 is 0. The van der Waals surface area contributed by atoms with Crippen LogP contribution in [0.15, 0.2) is 100 Å². The molecule has 3 amide bonds. The average Bonchev–Trinajstić information content (AvgIpc) is 3.61. The fourth-order valence-electron chi connectivity index (χ4n) is 5.10. The van der Waals surface area contributed by atoms with Gasteiger partial charge in [0, 0.05) is 6.42 Å². The minimum atomic E-state index is -0.966. The smallest absolute Gasteiger partial charge is 0.264 e. The van der Waals surface area contributed by atoms with Gasteiger partial charge in [0.25, 0.3) is 17.7 Å². The van der Waals surface area contributed by atoms with Gasteiger partial charge in [-0.1, -0.05) is 84.1 Å². The quantitative estimate of drug-likeness (QED) is 0.508. The average molecular weight is 493 g/mol. The number of benzene rings is 3. The Bertz CT molecular complexity index is 1440. The molecule has 0 spiro atoms. The number of hydrazone groups is 1. The first kappa shape index (κ1) is 22.8. The Morgan fingerprint density at radius 2 is 1.57 bits per heavy atom. The van der Waals surface area contributed by atoms with Gasteiger partial charge in [0.1, 0.15) is 6.54 Å². The van der Waals surface area contributed by atoms with Gasteiger partial charge in [0.2, 0.25) is 0 Å². The van der Waals surface area contributed by atoms with Crippen molar-refractivity contribution in [1.29, 1.82) is 0 Å². The monoisotopic (exact) mass is 492 g/mol. The van der Waals surface area contributed by atoms with Crippen LogP contribution >= 0.6 is 0 Å². The zero-order valence-corrected chi connectivity index (χ0v) is 20.1. The number of hydrogen-bond donors (Lipinski definition) is 0. The van der Waals surface area contributed by atoms with E-state index >= 15 is 0 Å². The fraction of sp³-hybridized carbons (Fsp3) is 0.214. The molecule has 3 aliphatic rings. The molecule has 1 saturated heterocycles. The predicted molar refractivity (Wildman–Crippen MR) is 136 cm³/mol. The second-order valence-corrected chi connectivity index (χ2v) is 9.27. The van der Waals surface area contributed by atoms with E-state index in [1.807, 2.05) is 79.7 Å². The van der Waals surface area contributed by atoms with E-state index in [0.717, 1.165) is 27.3 Å². The maximum absolute atomic E-state index is 13.6. The van der Waals surface area contributed by atoms with E-state index in [4.69, 9.17) is 5.10 Å². The molecule has 3 aliphatic heterocycles. The van der Waals surface area contributed by atoms with E-state index in [1.165, 1.54) is 10.0 Å². The number of anilines is 1. The van der Waals surface area contributed by atoms with E-state index in [0.29, 0.717) is 12.1 Å². The van der Waals surface area contributed by atoms with Crippen molar-refractivity contribution in [2.75, 3.05) is 11.4 Å². The third kappa shape index (κ3) is 3.88. The molecule has 6 rings (SSSR count). The molecule has 0 N–H and O–H groups in total. The molecule has 0 radical (unpaired) electrons. The van der Waals surface area contributed by atoms with Gasteiger partial charge in [-0.2, -0.15) is 10.2 Å². The van der Waals surface area contributed by atoms with Gasteiger partial charge in [0.05, 0.1) is 17.4 Å². The van der Waals surface area contributed by atoms with Crippen molar-refractivity contribution in [1.82, 2.24) is 10.0 Å². The van der Waals surface area contributed by atoms with Gasteiger partial charge < -0.3 is 0 Å². The lowest BCUT2D eigenvalue weighted by atomic mass is 9.98. The van der Waals surface area contributed by atoms with Crippen LogP contribution in [-0.4, -0.2) is 52.1 Å². The Morgan fingerprint density at radius 3 is 2.30 bits per heavy atom. The molecule has 3 aromatic carbocycles. The second kappa shape index (κ2) is 9.09.